The number of para-hydroxylation sites is 4. The van der Waals surface area contributed by atoms with E-state index in [9.17, 15) is 15.8 Å². The number of hydrogen-bond acceptors (Lipinski definition) is 3. The summed E-state index contributed by atoms with van der Waals surface area (Å²) in [5.41, 5.74) is 9.84. The molecule has 0 unspecified atom stereocenters. The van der Waals surface area contributed by atoms with E-state index in [0.29, 0.717) is 33.5 Å². The zero-order chi connectivity index (χ0) is 35.3. The van der Waals surface area contributed by atoms with E-state index in [4.69, 9.17) is 6.57 Å². The summed E-state index contributed by atoms with van der Waals surface area (Å²) in [7, 11) is 0. The summed E-state index contributed by atoms with van der Waals surface area (Å²) in [5, 5.41) is 34.9. The van der Waals surface area contributed by atoms with Gasteiger partial charge in [0.25, 0.3) is 0 Å². The van der Waals surface area contributed by atoms with Gasteiger partial charge in [-0.2, -0.15) is 15.8 Å². The maximum Gasteiger partial charge on any atom is 0.189 e. The zero-order valence-corrected chi connectivity index (χ0v) is 27.5. The van der Waals surface area contributed by atoms with Crippen molar-refractivity contribution in [2.45, 2.75) is 0 Å². The predicted molar refractivity (Wildman–Crippen MR) is 206 cm³/mol. The lowest BCUT2D eigenvalue weighted by atomic mass is 9.88. The molecule has 9 aromatic rings. The number of nitriles is 3. The molecule has 0 aliphatic rings. The van der Waals surface area contributed by atoms with Gasteiger partial charge in [-0.3, -0.25) is 0 Å². The van der Waals surface area contributed by atoms with Gasteiger partial charge in [-0.25, -0.2) is 4.85 Å². The lowest BCUT2D eigenvalue weighted by Crippen LogP contribution is -2.05. The zero-order valence-electron chi connectivity index (χ0n) is 27.5. The van der Waals surface area contributed by atoms with Gasteiger partial charge in [0.2, 0.25) is 0 Å². The van der Waals surface area contributed by atoms with Crippen LogP contribution >= 0.6 is 0 Å². The van der Waals surface area contributed by atoms with Crippen LogP contribution in [0, 0.1) is 40.6 Å². The van der Waals surface area contributed by atoms with Crippen LogP contribution in [-0.2, 0) is 0 Å². The molecule has 6 nitrogen and oxygen atoms in total. The maximum absolute atomic E-state index is 10.2. The van der Waals surface area contributed by atoms with Gasteiger partial charge in [0, 0.05) is 38.2 Å². The second-order valence-corrected chi connectivity index (χ2v) is 12.6. The van der Waals surface area contributed by atoms with Crippen molar-refractivity contribution >= 4 is 49.3 Å². The number of nitrogens with zero attached hydrogens (tertiary/aromatic N) is 6. The van der Waals surface area contributed by atoms with E-state index in [0.717, 1.165) is 66.1 Å². The van der Waals surface area contributed by atoms with Crippen LogP contribution in [0.5, 0.6) is 0 Å². The van der Waals surface area contributed by atoms with Gasteiger partial charge in [0.05, 0.1) is 69.3 Å². The van der Waals surface area contributed by atoms with E-state index in [1.807, 2.05) is 72.8 Å². The molecular weight excluding hydrogens is 637 g/mol. The van der Waals surface area contributed by atoms with Crippen LogP contribution < -0.4 is 0 Å². The van der Waals surface area contributed by atoms with E-state index in [-0.39, 0.29) is 0 Å². The molecule has 7 aromatic carbocycles. The third kappa shape index (κ3) is 4.54. The average molecular weight is 661 g/mol. The van der Waals surface area contributed by atoms with Gasteiger partial charge >= 0.3 is 0 Å². The van der Waals surface area contributed by atoms with Gasteiger partial charge in [0.1, 0.15) is 0 Å². The minimum absolute atomic E-state index is 0.332. The number of fused-ring (bicyclic) bond motifs is 6. The van der Waals surface area contributed by atoms with E-state index in [1.165, 1.54) is 0 Å². The molecule has 9 rings (SSSR count). The standard InChI is InChI=1S/C46H24N6/c1-50-34-24-31(28-49)23-33(25-34)46-44(52-41-16-8-4-12-37(41)38-13-5-9-17-42(38)52)19-18-43(45(46)32-21-29(26-47)20-30(22-32)27-48)51-39-14-6-2-10-35(39)36-11-3-7-15-40(36)51/h2-25H. The molecule has 0 aliphatic carbocycles. The Labute approximate surface area is 298 Å². The summed E-state index contributed by atoms with van der Waals surface area (Å²) in [6.45, 7) is 7.98. The molecule has 0 spiro atoms. The van der Waals surface area contributed by atoms with Crippen molar-refractivity contribution in [1.29, 1.82) is 15.8 Å². The Morgan fingerprint density at radius 1 is 0.423 bits per heavy atom. The average Bonchev–Trinajstić information content (AvgIpc) is 3.72. The van der Waals surface area contributed by atoms with Gasteiger partial charge < -0.3 is 9.13 Å². The Bertz CT molecular complexity index is 2750. The molecule has 238 valence electrons. The number of benzene rings is 7. The monoisotopic (exact) mass is 660 g/mol. The topological polar surface area (TPSA) is 85.6 Å². The van der Waals surface area contributed by atoms with Crippen LogP contribution in [0.2, 0.25) is 0 Å². The fraction of sp³-hybridized carbons (Fsp3) is 0. The van der Waals surface area contributed by atoms with Gasteiger partial charge in [-0.05, 0) is 83.9 Å². The molecule has 0 N–H and O–H groups in total. The fourth-order valence-corrected chi connectivity index (χ4v) is 7.69. The lowest BCUT2D eigenvalue weighted by Gasteiger charge is -2.23. The number of rotatable bonds is 4. The Morgan fingerprint density at radius 2 is 0.769 bits per heavy atom. The van der Waals surface area contributed by atoms with Crippen LogP contribution in [0.4, 0.5) is 5.69 Å². The highest BCUT2D eigenvalue weighted by molar-refractivity contribution is 6.12. The lowest BCUT2D eigenvalue weighted by molar-refractivity contribution is 1.15. The molecule has 2 aromatic heterocycles. The fourth-order valence-electron chi connectivity index (χ4n) is 7.69. The van der Waals surface area contributed by atoms with E-state index < -0.39 is 0 Å². The van der Waals surface area contributed by atoms with Gasteiger partial charge in [-0.15, -0.1) is 0 Å². The molecule has 0 atom stereocenters. The summed E-state index contributed by atoms with van der Waals surface area (Å²) in [6, 6.07) is 54.5. The van der Waals surface area contributed by atoms with Crippen LogP contribution in [0.3, 0.4) is 0 Å². The maximum atomic E-state index is 10.2. The molecule has 52 heavy (non-hydrogen) atoms. The molecule has 0 bridgehead atoms. The first-order chi connectivity index (χ1) is 25.6. The first-order valence-electron chi connectivity index (χ1n) is 16.6. The van der Waals surface area contributed by atoms with Crippen molar-refractivity contribution in [2.75, 3.05) is 0 Å². The van der Waals surface area contributed by atoms with E-state index >= 15 is 0 Å². The normalized spacial score (nSPS) is 11.0. The van der Waals surface area contributed by atoms with Crippen molar-refractivity contribution in [3.8, 4) is 51.8 Å². The second kappa shape index (κ2) is 11.9. The smallest absolute Gasteiger partial charge is 0.189 e. The highest BCUT2D eigenvalue weighted by atomic mass is 15.0. The molecular formula is C46H24N6. The number of hydrogen-bond donors (Lipinski definition) is 0. The summed E-state index contributed by atoms with van der Waals surface area (Å²) in [5.74, 6) is 0. The Hall–Kier alpha value is -7.90. The third-order valence-electron chi connectivity index (χ3n) is 9.75. The number of aromatic nitrogens is 2. The highest BCUT2D eigenvalue weighted by Crippen LogP contribution is 2.47. The van der Waals surface area contributed by atoms with Crippen LogP contribution in [0.25, 0.3) is 82.1 Å². The molecule has 0 fully saturated rings. The van der Waals surface area contributed by atoms with E-state index in [2.05, 4.69) is 92.9 Å². The summed E-state index contributed by atoms with van der Waals surface area (Å²) in [4.78, 5) is 3.77. The molecule has 0 radical (unpaired) electrons. The molecule has 0 amide bonds. The minimum Gasteiger partial charge on any atom is -0.309 e. The van der Waals surface area contributed by atoms with Crippen LogP contribution in [0.1, 0.15) is 16.7 Å². The Kier molecular flexibility index (Phi) is 6.91. The van der Waals surface area contributed by atoms with Crippen LogP contribution in [0.15, 0.2) is 146 Å². The second-order valence-electron chi connectivity index (χ2n) is 12.6. The van der Waals surface area contributed by atoms with Crippen molar-refractivity contribution in [3.63, 3.8) is 0 Å². The predicted octanol–water partition coefficient (Wildman–Crippen LogP) is 11.4. The minimum atomic E-state index is 0.332. The van der Waals surface area contributed by atoms with Crippen molar-refractivity contribution in [1.82, 2.24) is 9.13 Å². The molecule has 6 heteroatoms. The van der Waals surface area contributed by atoms with Crippen LogP contribution in [-0.4, -0.2) is 9.13 Å². The summed E-state index contributed by atoms with van der Waals surface area (Å²) in [6.07, 6.45) is 0. The Morgan fingerprint density at radius 3 is 1.13 bits per heavy atom. The van der Waals surface area contributed by atoms with Gasteiger partial charge in [0.15, 0.2) is 5.69 Å². The summed E-state index contributed by atoms with van der Waals surface area (Å²) < 4.78 is 4.46. The van der Waals surface area contributed by atoms with Crippen molar-refractivity contribution in [2.24, 2.45) is 0 Å². The first kappa shape index (κ1) is 30.2. The van der Waals surface area contributed by atoms with E-state index in [1.54, 1.807) is 12.1 Å². The molecule has 0 saturated heterocycles. The summed E-state index contributed by atoms with van der Waals surface area (Å²) >= 11 is 0. The third-order valence-corrected chi connectivity index (χ3v) is 9.75. The molecule has 0 saturated carbocycles. The van der Waals surface area contributed by atoms with Crippen molar-refractivity contribution < 1.29 is 0 Å². The van der Waals surface area contributed by atoms with Crippen molar-refractivity contribution in [3.05, 3.63) is 174 Å². The first-order valence-corrected chi connectivity index (χ1v) is 16.6. The molecule has 0 aliphatic heterocycles. The quantitative estimate of drug-likeness (QED) is 0.176. The largest absolute Gasteiger partial charge is 0.309 e. The highest BCUT2D eigenvalue weighted by Gasteiger charge is 2.25. The Balaban J connectivity index is 1.55. The SMILES string of the molecule is [C-]#[N+]c1cc(C#N)cc(-c2c(-n3c4ccccc4c4ccccc43)ccc(-n3c4ccccc4c4ccccc43)c2-c2cc(C#N)cc(C#N)c2)c1. The van der Waals surface area contributed by atoms with Gasteiger partial charge in [-0.1, -0.05) is 72.8 Å². The molecule has 2 heterocycles.